The molecule has 2 saturated heterocycles. The molecule has 0 saturated carbocycles. The van der Waals surface area contributed by atoms with E-state index in [1.165, 1.54) is 39.8 Å². The van der Waals surface area contributed by atoms with Gasteiger partial charge in [0.15, 0.2) is 5.60 Å². The molecular formula is C20H20N2O5S2. The van der Waals surface area contributed by atoms with Gasteiger partial charge in [0.25, 0.3) is 0 Å². The summed E-state index contributed by atoms with van der Waals surface area (Å²) in [5.74, 6) is -1.14. The van der Waals surface area contributed by atoms with E-state index in [1.54, 1.807) is 6.07 Å². The summed E-state index contributed by atoms with van der Waals surface area (Å²) in [4.78, 5) is 40.4. The molecule has 1 aromatic heterocycles. The number of carbonyl (C=O) groups is 3. The highest BCUT2D eigenvalue weighted by Crippen LogP contribution is 2.42. The molecule has 2 aliphatic rings. The van der Waals surface area contributed by atoms with Crippen molar-refractivity contribution < 1.29 is 24.2 Å². The maximum absolute atomic E-state index is 12.8. The fraction of sp³-hybridized carbons (Fsp3) is 0.350. The smallest absolute Gasteiger partial charge is 0.341 e. The number of amides is 2. The first-order valence-corrected chi connectivity index (χ1v) is 11.0. The molecule has 1 N–H and O–H groups in total. The second-order valence-corrected chi connectivity index (χ2v) is 9.08. The molecule has 9 heteroatoms. The molecule has 2 unspecified atom stereocenters. The number of hydrogen-bond donors (Lipinski definition) is 1. The third kappa shape index (κ3) is 3.65. The Morgan fingerprint density at radius 3 is 2.69 bits per heavy atom. The molecule has 152 valence electrons. The van der Waals surface area contributed by atoms with Gasteiger partial charge < -0.3 is 14.7 Å². The van der Waals surface area contributed by atoms with Crippen LogP contribution in [0, 0.1) is 0 Å². The maximum Gasteiger partial charge on any atom is 0.341 e. The molecule has 0 bridgehead atoms. The van der Waals surface area contributed by atoms with Gasteiger partial charge in [0.05, 0.1) is 11.5 Å². The Morgan fingerprint density at radius 2 is 2.03 bits per heavy atom. The summed E-state index contributed by atoms with van der Waals surface area (Å²) in [6, 6.07) is 12.2. The van der Waals surface area contributed by atoms with Gasteiger partial charge in [-0.25, -0.2) is 4.79 Å². The number of carbonyl (C=O) groups excluding carboxylic acids is 3. The van der Waals surface area contributed by atoms with Crippen LogP contribution in [0.1, 0.15) is 12.5 Å². The topological polar surface area (TPSA) is 87.2 Å². The highest BCUT2D eigenvalue weighted by atomic mass is 32.2. The molecule has 0 aliphatic carbocycles. The van der Waals surface area contributed by atoms with Crippen molar-refractivity contribution in [2.24, 2.45) is 0 Å². The summed E-state index contributed by atoms with van der Waals surface area (Å²) < 4.78 is 5.28. The van der Waals surface area contributed by atoms with Gasteiger partial charge in [-0.2, -0.15) is 0 Å². The summed E-state index contributed by atoms with van der Waals surface area (Å²) >= 11 is 2.68. The number of thiophene rings is 1. The first-order chi connectivity index (χ1) is 13.9. The lowest BCUT2D eigenvalue weighted by molar-refractivity contribution is -0.172. The Hall–Kier alpha value is -2.36. The van der Waals surface area contributed by atoms with Crippen LogP contribution < -0.4 is 4.90 Å². The number of esters is 1. The third-order valence-corrected chi connectivity index (χ3v) is 7.36. The largest absolute Gasteiger partial charge is 0.459 e. The molecule has 3 atom stereocenters. The Labute approximate surface area is 176 Å². The second kappa shape index (κ2) is 7.81. The normalized spacial score (nSPS) is 25.7. The van der Waals surface area contributed by atoms with Crippen LogP contribution in [-0.4, -0.2) is 57.1 Å². The number of thioether (sulfide) groups is 1. The van der Waals surface area contributed by atoms with Gasteiger partial charge in [0.1, 0.15) is 18.0 Å². The minimum absolute atomic E-state index is 0.0587. The van der Waals surface area contributed by atoms with Crippen LogP contribution in [0.25, 0.3) is 0 Å². The third-order valence-electron chi connectivity index (χ3n) is 4.99. The summed E-state index contributed by atoms with van der Waals surface area (Å²) in [7, 11) is 0. The van der Waals surface area contributed by atoms with Crippen molar-refractivity contribution in [3.8, 4) is 0 Å². The molecule has 2 aromatic rings. The molecule has 2 aliphatic heterocycles. The van der Waals surface area contributed by atoms with Crippen LogP contribution in [0.3, 0.4) is 0 Å². The summed E-state index contributed by atoms with van der Waals surface area (Å²) in [6.45, 7) is 1.35. The van der Waals surface area contributed by atoms with Gasteiger partial charge in [-0.1, -0.05) is 30.3 Å². The van der Waals surface area contributed by atoms with Crippen molar-refractivity contribution in [1.82, 2.24) is 4.90 Å². The van der Waals surface area contributed by atoms with Gasteiger partial charge in [0.2, 0.25) is 11.8 Å². The highest BCUT2D eigenvalue weighted by molar-refractivity contribution is 8.00. The van der Waals surface area contributed by atoms with Gasteiger partial charge in [-0.05, 0) is 23.1 Å². The monoisotopic (exact) mass is 432 g/mol. The first kappa shape index (κ1) is 19.9. The molecule has 0 spiro atoms. The molecule has 0 radical (unpaired) electrons. The quantitative estimate of drug-likeness (QED) is 0.573. The van der Waals surface area contributed by atoms with Crippen molar-refractivity contribution in [3.05, 3.63) is 53.4 Å². The minimum Gasteiger partial charge on any atom is -0.459 e. The number of β-lactam (4-membered cyclic amide) rings is 1. The van der Waals surface area contributed by atoms with Crippen molar-refractivity contribution >= 4 is 45.9 Å². The van der Waals surface area contributed by atoms with Crippen molar-refractivity contribution in [1.29, 1.82) is 0 Å². The predicted molar refractivity (Wildman–Crippen MR) is 110 cm³/mol. The Morgan fingerprint density at radius 1 is 1.28 bits per heavy atom. The van der Waals surface area contributed by atoms with E-state index < -0.39 is 17.6 Å². The number of aliphatic hydroxyl groups is 1. The predicted octanol–water partition coefficient (Wildman–Crippen LogP) is 1.86. The number of ether oxygens (including phenoxy) is 1. The van der Waals surface area contributed by atoms with E-state index in [1.807, 2.05) is 41.8 Å². The van der Waals surface area contributed by atoms with E-state index in [0.717, 1.165) is 5.56 Å². The Kier molecular flexibility index (Phi) is 5.37. The molecule has 7 nitrogen and oxygen atoms in total. The number of nitrogens with zero attached hydrogens (tertiary/aromatic N) is 2. The van der Waals surface area contributed by atoms with Gasteiger partial charge in [-0.15, -0.1) is 23.1 Å². The Bertz CT molecular complexity index is 920. The van der Waals surface area contributed by atoms with E-state index >= 15 is 0 Å². The summed E-state index contributed by atoms with van der Waals surface area (Å²) in [5, 5.41) is 13.1. The molecule has 29 heavy (non-hydrogen) atoms. The molecule has 4 rings (SSSR count). The molecule has 2 amide bonds. The SMILES string of the molecule is CC(=O)N(c1cccs1)C1C(=O)N2CC(O)(C(=O)OCc3ccccc3)CS[C@H]12. The Balaban J connectivity index is 1.43. The average molecular weight is 433 g/mol. The van der Waals surface area contributed by atoms with E-state index in [9.17, 15) is 19.5 Å². The number of rotatable bonds is 5. The number of anilines is 1. The van der Waals surface area contributed by atoms with Crippen LogP contribution in [0.4, 0.5) is 5.00 Å². The molecular weight excluding hydrogens is 412 g/mol. The average Bonchev–Trinajstić information content (AvgIpc) is 3.25. The molecule has 2 fully saturated rings. The molecule has 3 heterocycles. The zero-order chi connectivity index (χ0) is 20.6. The van der Waals surface area contributed by atoms with Gasteiger partial charge in [-0.3, -0.25) is 14.5 Å². The lowest BCUT2D eigenvalue weighted by Crippen LogP contribution is -2.75. The van der Waals surface area contributed by atoms with Crippen LogP contribution in [0.5, 0.6) is 0 Å². The van der Waals surface area contributed by atoms with E-state index in [4.69, 9.17) is 4.74 Å². The maximum atomic E-state index is 12.8. The standard InChI is InChI=1S/C20H20N2O5S2/c1-13(23)22(15-8-5-9-28-15)16-17(24)21-11-20(26,12-29-18(16)21)19(25)27-10-14-6-3-2-4-7-14/h2-9,16,18,26H,10-12H2,1H3/t16?,18-,20?/m1/s1. The first-order valence-electron chi connectivity index (χ1n) is 9.10. The van der Waals surface area contributed by atoms with Crippen molar-refractivity contribution in [3.63, 3.8) is 0 Å². The lowest BCUT2D eigenvalue weighted by atomic mass is 9.98. The van der Waals surface area contributed by atoms with Crippen molar-refractivity contribution in [2.45, 2.75) is 30.5 Å². The van der Waals surface area contributed by atoms with Crippen LogP contribution in [0.2, 0.25) is 0 Å². The zero-order valence-electron chi connectivity index (χ0n) is 15.7. The van der Waals surface area contributed by atoms with Gasteiger partial charge >= 0.3 is 5.97 Å². The van der Waals surface area contributed by atoms with Crippen LogP contribution in [-0.2, 0) is 25.7 Å². The van der Waals surface area contributed by atoms with E-state index in [-0.39, 0.29) is 36.1 Å². The minimum atomic E-state index is -1.76. The van der Waals surface area contributed by atoms with Crippen molar-refractivity contribution in [2.75, 3.05) is 17.2 Å². The van der Waals surface area contributed by atoms with E-state index in [2.05, 4.69) is 0 Å². The van der Waals surface area contributed by atoms with Crippen LogP contribution >= 0.6 is 23.1 Å². The number of benzene rings is 1. The summed E-state index contributed by atoms with van der Waals surface area (Å²) in [6.07, 6.45) is 0. The van der Waals surface area contributed by atoms with Gasteiger partial charge in [0, 0.05) is 12.7 Å². The van der Waals surface area contributed by atoms with Crippen LogP contribution in [0.15, 0.2) is 47.8 Å². The van der Waals surface area contributed by atoms with E-state index in [0.29, 0.717) is 5.00 Å². The molecule has 1 aromatic carbocycles. The lowest BCUT2D eigenvalue weighted by Gasteiger charge is -2.55. The number of fused-ring (bicyclic) bond motifs is 1. The number of hydrogen-bond acceptors (Lipinski definition) is 7. The highest BCUT2D eigenvalue weighted by Gasteiger charge is 2.59. The summed E-state index contributed by atoms with van der Waals surface area (Å²) in [5.41, 5.74) is -0.945. The fourth-order valence-electron chi connectivity index (χ4n) is 3.52. The second-order valence-electron chi connectivity index (χ2n) is 7.05. The zero-order valence-corrected chi connectivity index (χ0v) is 17.3. The fourth-order valence-corrected chi connectivity index (χ4v) is 5.76.